The van der Waals surface area contributed by atoms with E-state index in [4.69, 9.17) is 39.5 Å². The molecule has 0 spiro atoms. The second-order valence-corrected chi connectivity index (χ2v) is 5.26. The molecule has 0 saturated heterocycles. The lowest BCUT2D eigenvalue weighted by molar-refractivity contribution is -0.118. The minimum atomic E-state index is -0.307. The van der Waals surface area contributed by atoms with E-state index in [1.165, 1.54) is 0 Å². The molecule has 0 saturated carbocycles. The van der Waals surface area contributed by atoms with Gasteiger partial charge in [-0.2, -0.15) is 0 Å². The Hall–Kier alpha value is -1.42. The van der Waals surface area contributed by atoms with Gasteiger partial charge >= 0.3 is 0 Å². The van der Waals surface area contributed by atoms with Crippen molar-refractivity contribution in [2.75, 3.05) is 11.9 Å². The highest BCUT2D eigenvalue weighted by molar-refractivity contribution is 6.35. The second kappa shape index (κ2) is 6.84. The van der Waals surface area contributed by atoms with Crippen LogP contribution in [0.3, 0.4) is 0 Å². The number of halogens is 3. The molecule has 0 heterocycles. The third-order valence-corrected chi connectivity index (χ3v) is 3.02. The Morgan fingerprint density at radius 3 is 2.15 bits per heavy atom. The van der Waals surface area contributed by atoms with E-state index in [0.29, 0.717) is 26.5 Å². The van der Waals surface area contributed by atoms with Crippen molar-refractivity contribution < 1.29 is 9.53 Å². The predicted molar refractivity (Wildman–Crippen MR) is 82.0 cm³/mol. The minimum Gasteiger partial charge on any atom is -0.484 e. The number of hydrogen-bond acceptors (Lipinski definition) is 2. The molecule has 20 heavy (non-hydrogen) atoms. The molecule has 3 nitrogen and oxygen atoms in total. The second-order valence-electron chi connectivity index (χ2n) is 3.95. The summed E-state index contributed by atoms with van der Waals surface area (Å²) in [7, 11) is 0. The molecule has 0 aliphatic heterocycles. The van der Waals surface area contributed by atoms with Crippen LogP contribution >= 0.6 is 34.8 Å². The summed E-state index contributed by atoms with van der Waals surface area (Å²) in [6, 6.07) is 11.5. The van der Waals surface area contributed by atoms with E-state index in [9.17, 15) is 4.79 Å². The molecule has 1 amide bonds. The smallest absolute Gasteiger partial charge is 0.262 e. The van der Waals surface area contributed by atoms with Gasteiger partial charge in [0, 0.05) is 20.8 Å². The third kappa shape index (κ3) is 4.60. The van der Waals surface area contributed by atoms with Crippen molar-refractivity contribution in [3.63, 3.8) is 0 Å². The molecule has 0 aliphatic rings. The number of hydrogen-bond donors (Lipinski definition) is 1. The van der Waals surface area contributed by atoms with Crippen molar-refractivity contribution in [2.45, 2.75) is 0 Å². The van der Waals surface area contributed by atoms with Crippen LogP contribution in [-0.4, -0.2) is 12.5 Å². The molecule has 0 aromatic heterocycles. The minimum absolute atomic E-state index is 0.119. The fourth-order valence-electron chi connectivity index (χ4n) is 1.50. The van der Waals surface area contributed by atoms with Gasteiger partial charge in [-0.15, -0.1) is 0 Å². The fraction of sp³-hybridized carbons (Fsp3) is 0.0714. The Balaban J connectivity index is 1.90. The van der Waals surface area contributed by atoms with Gasteiger partial charge in [-0.3, -0.25) is 4.79 Å². The maximum Gasteiger partial charge on any atom is 0.262 e. The average Bonchev–Trinajstić information content (AvgIpc) is 2.37. The Morgan fingerprint density at radius 2 is 1.55 bits per heavy atom. The van der Waals surface area contributed by atoms with Crippen molar-refractivity contribution in [1.82, 2.24) is 0 Å². The molecule has 0 unspecified atom stereocenters. The Labute approximate surface area is 131 Å². The molecule has 2 aromatic carbocycles. The van der Waals surface area contributed by atoms with Gasteiger partial charge in [0.05, 0.1) is 0 Å². The van der Waals surface area contributed by atoms with Gasteiger partial charge in [0.15, 0.2) is 6.61 Å². The Kier molecular flexibility index (Phi) is 5.12. The van der Waals surface area contributed by atoms with E-state index < -0.39 is 0 Å². The van der Waals surface area contributed by atoms with Gasteiger partial charge in [-0.1, -0.05) is 34.8 Å². The van der Waals surface area contributed by atoms with E-state index in [2.05, 4.69) is 5.32 Å². The molecule has 0 radical (unpaired) electrons. The number of rotatable bonds is 4. The third-order valence-electron chi connectivity index (χ3n) is 2.33. The van der Waals surface area contributed by atoms with Gasteiger partial charge in [0.1, 0.15) is 5.75 Å². The van der Waals surface area contributed by atoms with Crippen molar-refractivity contribution in [3.05, 3.63) is 57.5 Å². The molecule has 104 valence electrons. The Bertz CT molecular complexity index is 594. The summed E-state index contributed by atoms with van der Waals surface area (Å²) in [5.41, 5.74) is 0.521. The lowest BCUT2D eigenvalue weighted by Gasteiger charge is -2.08. The van der Waals surface area contributed by atoms with Gasteiger partial charge in [-0.25, -0.2) is 0 Å². The molecule has 2 rings (SSSR count). The van der Waals surface area contributed by atoms with Crippen LogP contribution in [0.25, 0.3) is 0 Å². The Morgan fingerprint density at radius 1 is 0.950 bits per heavy atom. The van der Waals surface area contributed by atoms with Crippen molar-refractivity contribution in [2.24, 2.45) is 0 Å². The van der Waals surface area contributed by atoms with Crippen LogP contribution in [0.5, 0.6) is 5.75 Å². The fourth-order valence-corrected chi connectivity index (χ4v) is 2.15. The summed E-state index contributed by atoms with van der Waals surface area (Å²) >= 11 is 17.4. The number of anilines is 1. The van der Waals surface area contributed by atoms with E-state index in [1.807, 2.05) is 0 Å². The quantitative estimate of drug-likeness (QED) is 0.885. The molecule has 6 heteroatoms. The summed E-state index contributed by atoms with van der Waals surface area (Å²) in [6.07, 6.45) is 0. The van der Waals surface area contributed by atoms with Crippen LogP contribution in [0.15, 0.2) is 42.5 Å². The van der Waals surface area contributed by atoms with Crippen LogP contribution in [0.1, 0.15) is 0 Å². The topological polar surface area (TPSA) is 38.3 Å². The predicted octanol–water partition coefficient (Wildman–Crippen LogP) is 4.66. The van der Waals surface area contributed by atoms with E-state index in [-0.39, 0.29) is 12.5 Å². The van der Waals surface area contributed by atoms with E-state index in [0.717, 1.165) is 0 Å². The molecule has 0 fully saturated rings. The summed E-state index contributed by atoms with van der Waals surface area (Å²) in [4.78, 5) is 11.7. The highest BCUT2D eigenvalue weighted by atomic mass is 35.5. The van der Waals surface area contributed by atoms with Crippen LogP contribution < -0.4 is 10.1 Å². The zero-order chi connectivity index (χ0) is 14.5. The number of benzene rings is 2. The zero-order valence-electron chi connectivity index (χ0n) is 10.2. The average molecular weight is 331 g/mol. The highest BCUT2D eigenvalue weighted by Crippen LogP contribution is 2.22. The largest absolute Gasteiger partial charge is 0.484 e. The van der Waals surface area contributed by atoms with Crippen LogP contribution in [0.2, 0.25) is 15.1 Å². The first-order valence-electron chi connectivity index (χ1n) is 5.67. The van der Waals surface area contributed by atoms with E-state index >= 15 is 0 Å². The van der Waals surface area contributed by atoms with Crippen LogP contribution in [-0.2, 0) is 4.79 Å². The summed E-state index contributed by atoms with van der Waals surface area (Å²) in [6.45, 7) is -0.119. The highest BCUT2D eigenvalue weighted by Gasteiger charge is 2.05. The lowest BCUT2D eigenvalue weighted by Crippen LogP contribution is -2.20. The summed E-state index contributed by atoms with van der Waals surface area (Å²) in [5, 5.41) is 4.15. The monoisotopic (exact) mass is 329 g/mol. The first-order chi connectivity index (χ1) is 9.52. The number of carbonyl (C=O) groups excluding carboxylic acids is 1. The first kappa shape index (κ1) is 15.0. The molecule has 0 bridgehead atoms. The van der Waals surface area contributed by atoms with Gasteiger partial charge in [0.25, 0.3) is 5.91 Å². The van der Waals surface area contributed by atoms with Crippen LogP contribution in [0, 0.1) is 0 Å². The number of nitrogens with one attached hydrogen (secondary N) is 1. The lowest BCUT2D eigenvalue weighted by atomic mass is 10.3. The number of ether oxygens (including phenoxy) is 1. The molecular weight excluding hydrogens is 321 g/mol. The van der Waals surface area contributed by atoms with Crippen molar-refractivity contribution in [3.8, 4) is 5.75 Å². The number of carbonyl (C=O) groups is 1. The van der Waals surface area contributed by atoms with Gasteiger partial charge in [0.2, 0.25) is 0 Å². The standard InChI is InChI=1S/C14H10Cl3NO2/c15-9-1-3-13(4-2-9)20-8-14(19)18-12-6-10(16)5-11(17)7-12/h1-7H,8H2,(H,18,19). The van der Waals surface area contributed by atoms with Crippen molar-refractivity contribution in [1.29, 1.82) is 0 Å². The van der Waals surface area contributed by atoms with E-state index in [1.54, 1.807) is 42.5 Å². The number of amides is 1. The first-order valence-corrected chi connectivity index (χ1v) is 6.80. The molecular formula is C14H10Cl3NO2. The van der Waals surface area contributed by atoms with Gasteiger partial charge < -0.3 is 10.1 Å². The normalized spacial score (nSPS) is 10.2. The maximum atomic E-state index is 11.7. The maximum absolute atomic E-state index is 11.7. The molecule has 2 aromatic rings. The molecule has 0 atom stereocenters. The van der Waals surface area contributed by atoms with Gasteiger partial charge in [-0.05, 0) is 42.5 Å². The zero-order valence-corrected chi connectivity index (χ0v) is 12.5. The SMILES string of the molecule is O=C(COc1ccc(Cl)cc1)Nc1cc(Cl)cc(Cl)c1. The van der Waals surface area contributed by atoms with Crippen LogP contribution in [0.4, 0.5) is 5.69 Å². The molecule has 0 aliphatic carbocycles. The summed E-state index contributed by atoms with van der Waals surface area (Å²) < 4.78 is 5.32. The molecule has 1 N–H and O–H groups in total. The summed E-state index contributed by atoms with van der Waals surface area (Å²) in [5.74, 6) is 0.256. The van der Waals surface area contributed by atoms with Crippen molar-refractivity contribution >= 4 is 46.4 Å².